The first-order valence-electron chi connectivity index (χ1n) is 7.31. The average molecular weight is 492 g/mol. The van der Waals surface area contributed by atoms with Gasteiger partial charge in [0.15, 0.2) is 0 Å². The van der Waals surface area contributed by atoms with Crippen LogP contribution in [0.1, 0.15) is 20.7 Å². The molecule has 144 valence electrons. The molecule has 2 aromatic rings. The molecule has 29 heavy (non-hydrogen) atoms. The first-order chi connectivity index (χ1) is 12.4. The van der Waals surface area contributed by atoms with Crippen molar-refractivity contribution >= 4 is 48.5 Å². The van der Waals surface area contributed by atoms with Crippen LogP contribution >= 0.6 is 0 Å². The van der Waals surface area contributed by atoms with Crippen molar-refractivity contribution in [2.75, 3.05) is 18.4 Å². The summed E-state index contributed by atoms with van der Waals surface area (Å²) in [4.78, 5) is 22.6. The van der Waals surface area contributed by atoms with E-state index in [1.807, 2.05) is 5.32 Å². The second-order valence-electron chi connectivity index (χ2n) is 5.60. The quantitative estimate of drug-likeness (QED) is 0.205. The molecule has 15 heteroatoms. The number of carbonyl (C=O) groups is 2. The molecule has 3 rings (SSSR count). The Morgan fingerprint density at radius 1 is 0.931 bits per heavy atom. The van der Waals surface area contributed by atoms with Crippen LogP contribution in [0.25, 0.3) is 10.8 Å². The number of carbonyl (C=O) groups excluding carboxylic acids is 2. The maximum absolute atomic E-state index is 12.1. The first-order valence-corrected chi connectivity index (χ1v) is 10.1. The Morgan fingerprint density at radius 2 is 1.48 bits per heavy atom. The third kappa shape index (κ3) is 5.55. The van der Waals surface area contributed by atoms with Crippen molar-refractivity contribution in [3.05, 3.63) is 29.3 Å². The Bertz CT molecular complexity index is 1210. The summed E-state index contributed by atoms with van der Waals surface area (Å²) in [6.45, 7) is 0.00814. The van der Waals surface area contributed by atoms with Crippen LogP contribution in [-0.2, 0) is 20.2 Å². The van der Waals surface area contributed by atoms with Gasteiger partial charge in [-0.05, 0) is 18.2 Å². The number of anilines is 1. The van der Waals surface area contributed by atoms with Gasteiger partial charge >= 0.3 is 103 Å². The van der Waals surface area contributed by atoms with Gasteiger partial charge < -0.3 is 20.2 Å². The molecule has 0 aliphatic carbocycles. The van der Waals surface area contributed by atoms with Gasteiger partial charge in [0.25, 0.3) is 11.8 Å². The van der Waals surface area contributed by atoms with Crippen LogP contribution in [-0.4, -0.2) is 50.8 Å². The van der Waals surface area contributed by atoms with Crippen molar-refractivity contribution < 1.29 is 138 Å². The molecule has 2 aromatic carbocycles. The molecule has 0 atom stereocenters. The fourth-order valence-electron chi connectivity index (χ4n) is 2.83. The maximum Gasteiger partial charge on any atom is 1.00 e. The fraction of sp³-hybridized carbons (Fsp3) is 0.143. The zero-order valence-electron chi connectivity index (χ0n) is 15.3. The minimum Gasteiger partial charge on any atom is -0.744 e. The van der Waals surface area contributed by atoms with Gasteiger partial charge in [-0.2, -0.15) is 0 Å². The molecule has 11 nitrogen and oxygen atoms in total. The zero-order chi connectivity index (χ0) is 20.1. The monoisotopic (exact) mass is 491 g/mol. The van der Waals surface area contributed by atoms with Gasteiger partial charge in [0.05, 0.1) is 15.5 Å². The topological polar surface area (TPSA) is 199 Å². The van der Waals surface area contributed by atoms with Crippen molar-refractivity contribution in [2.24, 2.45) is 5.73 Å². The minimum atomic E-state index is -5.11. The van der Waals surface area contributed by atoms with Gasteiger partial charge in [0, 0.05) is 35.0 Å². The molecule has 1 aliphatic heterocycles. The molecule has 0 saturated carbocycles. The van der Waals surface area contributed by atoms with E-state index in [-0.39, 0.29) is 143 Å². The molecule has 4 N–H and O–H groups in total. The summed E-state index contributed by atoms with van der Waals surface area (Å²) in [7, 11) is -10.1. The van der Waals surface area contributed by atoms with E-state index in [9.17, 15) is 35.5 Å². The predicted molar refractivity (Wildman–Crippen MR) is 89.2 cm³/mol. The van der Waals surface area contributed by atoms with E-state index in [0.29, 0.717) is 0 Å². The van der Waals surface area contributed by atoms with Crippen LogP contribution in [0.2, 0.25) is 0 Å². The number of benzene rings is 2. The zero-order valence-corrected chi connectivity index (χ0v) is 23.2. The number of hydrogen-bond acceptors (Lipinski definition) is 10. The van der Waals surface area contributed by atoms with Gasteiger partial charge in [-0.25, -0.2) is 16.8 Å². The summed E-state index contributed by atoms with van der Waals surface area (Å²) in [5.74, 6) is -1.93. The van der Waals surface area contributed by atoms with Gasteiger partial charge in [-0.1, -0.05) is 0 Å². The smallest absolute Gasteiger partial charge is 0.744 e. The van der Waals surface area contributed by atoms with E-state index in [2.05, 4.69) is 5.32 Å². The second kappa shape index (κ2) is 10.1. The van der Waals surface area contributed by atoms with Crippen LogP contribution in [0.5, 0.6) is 0 Å². The molecule has 0 fully saturated rings. The van der Waals surface area contributed by atoms with E-state index in [1.54, 1.807) is 0 Å². The summed E-state index contributed by atoms with van der Waals surface area (Å²) in [6.07, 6.45) is 0. The molecular formula is C14H11K2N3O8S2. The number of nitrogens with one attached hydrogen (secondary N) is 2. The largest absolute Gasteiger partial charge is 1.00 e. The van der Waals surface area contributed by atoms with Crippen molar-refractivity contribution in [3.63, 3.8) is 0 Å². The van der Waals surface area contributed by atoms with E-state index in [4.69, 9.17) is 5.73 Å². The Labute approximate surface area is 250 Å². The van der Waals surface area contributed by atoms with Crippen molar-refractivity contribution in [3.8, 4) is 0 Å². The molecule has 2 amide bonds. The standard InChI is InChI=1S/C14H13N3O8S2.2K/c15-1-2-16-12-7-3-6(26(20,21)22)4-8-11(7)9(14(19)17-13(8)18)5-10(12)27(23,24)25;;/h3-5,16H,1-2,15H2,(H,17,18,19)(H,20,21,22)(H,23,24,25);;/q;2*+1/p-2. The van der Waals surface area contributed by atoms with Crippen LogP contribution in [0.15, 0.2) is 28.0 Å². The fourth-order valence-corrected chi connectivity index (χ4v) is 4.05. The Morgan fingerprint density at radius 3 is 1.97 bits per heavy atom. The molecule has 1 heterocycles. The van der Waals surface area contributed by atoms with Gasteiger partial charge in [-0.3, -0.25) is 14.9 Å². The average Bonchev–Trinajstić information content (AvgIpc) is 2.55. The summed E-state index contributed by atoms with van der Waals surface area (Å²) in [5.41, 5.74) is 4.39. The number of rotatable bonds is 5. The Hall–Kier alpha value is 0.693. The first kappa shape index (κ1) is 27.7. The molecule has 0 spiro atoms. The van der Waals surface area contributed by atoms with Crippen LogP contribution < -0.4 is 119 Å². The molecule has 0 unspecified atom stereocenters. The van der Waals surface area contributed by atoms with Gasteiger partial charge in [-0.15, -0.1) is 0 Å². The molecule has 1 aliphatic rings. The summed E-state index contributed by atoms with van der Waals surface area (Å²) in [5, 5.41) is 4.16. The number of amides is 2. The van der Waals surface area contributed by atoms with Crippen molar-refractivity contribution in [2.45, 2.75) is 9.79 Å². The number of hydrogen-bond donors (Lipinski definition) is 3. The van der Waals surface area contributed by atoms with E-state index in [1.165, 1.54) is 0 Å². The van der Waals surface area contributed by atoms with Crippen molar-refractivity contribution in [1.29, 1.82) is 0 Å². The van der Waals surface area contributed by atoms with E-state index in [0.717, 1.165) is 18.2 Å². The third-order valence-electron chi connectivity index (χ3n) is 3.89. The third-order valence-corrected chi connectivity index (χ3v) is 5.57. The number of nitrogens with two attached hydrogens (primary N) is 1. The minimum absolute atomic E-state index is 0. The maximum atomic E-state index is 12.1. The van der Waals surface area contributed by atoms with Crippen LogP contribution in [0.3, 0.4) is 0 Å². The van der Waals surface area contributed by atoms with E-state index < -0.39 is 41.8 Å². The molecule has 0 radical (unpaired) electrons. The summed E-state index contributed by atoms with van der Waals surface area (Å²) in [6, 6.07) is 2.39. The van der Waals surface area contributed by atoms with Gasteiger partial charge in [0.1, 0.15) is 20.2 Å². The van der Waals surface area contributed by atoms with Gasteiger partial charge in [0.2, 0.25) is 0 Å². The summed E-state index contributed by atoms with van der Waals surface area (Å²) >= 11 is 0. The molecular weight excluding hydrogens is 480 g/mol. The normalized spacial score (nSPS) is 13.3. The summed E-state index contributed by atoms with van der Waals surface area (Å²) < 4.78 is 69.4. The second-order valence-corrected chi connectivity index (χ2v) is 8.33. The van der Waals surface area contributed by atoms with E-state index >= 15 is 0 Å². The van der Waals surface area contributed by atoms with Crippen LogP contribution in [0, 0.1) is 0 Å². The Kier molecular flexibility index (Phi) is 9.65. The predicted octanol–water partition coefficient (Wildman–Crippen LogP) is -7.09. The van der Waals surface area contributed by atoms with Crippen molar-refractivity contribution in [1.82, 2.24) is 5.32 Å². The molecule has 0 aromatic heterocycles. The SMILES string of the molecule is NCCNc1c(S(=O)(=O)[O-])cc2c3c(cc(S(=O)(=O)[O-])cc13)C(=O)NC2=O.[K+].[K+]. The molecule has 0 bridgehead atoms. The molecule has 0 saturated heterocycles. The number of imide groups is 1. The Balaban J connectivity index is 0.00000210. The van der Waals surface area contributed by atoms with Crippen LogP contribution in [0.4, 0.5) is 5.69 Å².